The van der Waals surface area contributed by atoms with Gasteiger partial charge in [-0.05, 0) is 30.9 Å². The molecule has 1 aliphatic rings. The molecule has 1 saturated carbocycles. The zero-order valence-electron chi connectivity index (χ0n) is 9.06. The van der Waals surface area contributed by atoms with E-state index in [2.05, 4.69) is 11.9 Å². The minimum absolute atomic E-state index is 0.0727. The molecule has 0 spiro atoms. The van der Waals surface area contributed by atoms with E-state index < -0.39 is 0 Å². The molecule has 0 amide bonds. The van der Waals surface area contributed by atoms with Crippen molar-refractivity contribution in [1.29, 1.82) is 0 Å². The Bertz CT molecular complexity index is 334. The van der Waals surface area contributed by atoms with Crippen molar-refractivity contribution >= 4 is 11.4 Å². The molecule has 0 aromatic heterocycles. The van der Waals surface area contributed by atoms with Gasteiger partial charge in [-0.25, -0.2) is 0 Å². The molecule has 15 heavy (non-hydrogen) atoms. The van der Waals surface area contributed by atoms with E-state index in [9.17, 15) is 5.11 Å². The lowest BCUT2D eigenvalue weighted by atomic mass is 9.82. The first-order valence-corrected chi connectivity index (χ1v) is 5.40. The Kier molecular flexibility index (Phi) is 2.82. The summed E-state index contributed by atoms with van der Waals surface area (Å²) in [5.74, 6) is 0.615. The zero-order chi connectivity index (χ0) is 10.8. The Morgan fingerprint density at radius 2 is 2.07 bits per heavy atom. The first-order chi connectivity index (χ1) is 7.16. The van der Waals surface area contributed by atoms with Crippen LogP contribution in [0.1, 0.15) is 12.8 Å². The maximum Gasteiger partial charge on any atom is 0.0597 e. The van der Waals surface area contributed by atoms with Crippen LogP contribution in [-0.2, 0) is 0 Å². The smallest absolute Gasteiger partial charge is 0.0597 e. The first kappa shape index (κ1) is 10.3. The quantitative estimate of drug-likeness (QED) is 0.736. The Labute approximate surface area is 90.5 Å². The van der Waals surface area contributed by atoms with Crippen LogP contribution in [0.3, 0.4) is 0 Å². The molecule has 82 valence electrons. The number of benzene rings is 1. The molecule has 3 N–H and O–H groups in total. The summed E-state index contributed by atoms with van der Waals surface area (Å²) < 4.78 is 0. The third-order valence-corrected chi connectivity index (χ3v) is 3.09. The van der Waals surface area contributed by atoms with Gasteiger partial charge in [0.05, 0.1) is 17.5 Å². The molecular formula is C12H18N2O. The maximum absolute atomic E-state index is 9.21. The maximum atomic E-state index is 9.21. The van der Waals surface area contributed by atoms with Crippen LogP contribution in [0.2, 0.25) is 0 Å². The monoisotopic (exact) mass is 206 g/mol. The molecule has 0 aliphatic heterocycles. The number of hydrogen-bond acceptors (Lipinski definition) is 3. The highest BCUT2D eigenvalue weighted by molar-refractivity contribution is 5.66. The van der Waals surface area contributed by atoms with Crippen LogP contribution in [0.15, 0.2) is 24.3 Å². The molecule has 0 unspecified atom stereocenters. The highest BCUT2D eigenvalue weighted by atomic mass is 16.3. The van der Waals surface area contributed by atoms with Gasteiger partial charge in [-0.2, -0.15) is 0 Å². The number of aliphatic hydroxyl groups excluding tert-OH is 1. The summed E-state index contributed by atoms with van der Waals surface area (Å²) >= 11 is 0. The van der Waals surface area contributed by atoms with Gasteiger partial charge in [0.1, 0.15) is 0 Å². The summed E-state index contributed by atoms with van der Waals surface area (Å²) in [6.07, 6.45) is 1.78. The molecule has 0 heterocycles. The zero-order valence-corrected chi connectivity index (χ0v) is 9.06. The van der Waals surface area contributed by atoms with Crippen LogP contribution in [0.5, 0.6) is 0 Å². The topological polar surface area (TPSA) is 49.5 Å². The molecular weight excluding hydrogens is 188 g/mol. The van der Waals surface area contributed by atoms with E-state index in [1.165, 1.54) is 0 Å². The van der Waals surface area contributed by atoms with Gasteiger partial charge < -0.3 is 15.7 Å². The molecule has 0 atom stereocenters. The van der Waals surface area contributed by atoms with E-state index in [0.717, 1.165) is 30.8 Å². The van der Waals surface area contributed by atoms with E-state index in [-0.39, 0.29) is 6.10 Å². The lowest BCUT2D eigenvalue weighted by molar-refractivity contribution is 0.0465. The predicted molar refractivity (Wildman–Crippen MR) is 62.9 cm³/mol. The molecule has 3 nitrogen and oxygen atoms in total. The summed E-state index contributed by atoms with van der Waals surface area (Å²) in [7, 11) is 2.05. The van der Waals surface area contributed by atoms with Gasteiger partial charge in [0, 0.05) is 13.6 Å². The van der Waals surface area contributed by atoms with Gasteiger partial charge in [-0.1, -0.05) is 12.1 Å². The number of nitrogen functional groups attached to an aromatic ring is 1. The predicted octanol–water partition coefficient (Wildman–Crippen LogP) is 1.48. The lowest BCUT2D eigenvalue weighted by Crippen LogP contribution is -2.37. The van der Waals surface area contributed by atoms with Gasteiger partial charge in [-0.15, -0.1) is 0 Å². The molecule has 1 fully saturated rings. The van der Waals surface area contributed by atoms with Crippen molar-refractivity contribution in [2.75, 3.05) is 24.2 Å². The van der Waals surface area contributed by atoms with Crippen LogP contribution < -0.4 is 10.6 Å². The highest BCUT2D eigenvalue weighted by Crippen LogP contribution is 2.30. The SMILES string of the molecule is CN(CC1CC(O)C1)c1ccccc1N. The van der Waals surface area contributed by atoms with E-state index in [0.29, 0.717) is 5.92 Å². The molecule has 0 saturated heterocycles. The highest BCUT2D eigenvalue weighted by Gasteiger charge is 2.28. The summed E-state index contributed by atoms with van der Waals surface area (Å²) in [6, 6.07) is 7.89. The van der Waals surface area contributed by atoms with Crippen molar-refractivity contribution in [2.24, 2.45) is 5.92 Å². The van der Waals surface area contributed by atoms with Gasteiger partial charge in [0.2, 0.25) is 0 Å². The third-order valence-electron chi connectivity index (χ3n) is 3.09. The Hall–Kier alpha value is -1.22. The number of nitrogens with two attached hydrogens (primary N) is 1. The molecule has 3 heteroatoms. The van der Waals surface area contributed by atoms with Crippen LogP contribution in [0.4, 0.5) is 11.4 Å². The summed E-state index contributed by atoms with van der Waals surface area (Å²) in [6.45, 7) is 0.977. The minimum atomic E-state index is -0.0727. The molecule has 0 radical (unpaired) electrons. The van der Waals surface area contributed by atoms with Crippen molar-refractivity contribution < 1.29 is 5.11 Å². The molecule has 0 bridgehead atoms. The number of anilines is 2. The van der Waals surface area contributed by atoms with Crippen molar-refractivity contribution in [3.63, 3.8) is 0 Å². The van der Waals surface area contributed by atoms with Crippen molar-refractivity contribution in [2.45, 2.75) is 18.9 Å². The van der Waals surface area contributed by atoms with Gasteiger partial charge >= 0.3 is 0 Å². The van der Waals surface area contributed by atoms with Crippen molar-refractivity contribution in [3.05, 3.63) is 24.3 Å². The normalized spacial score (nSPS) is 24.7. The molecule has 1 aliphatic carbocycles. The van der Waals surface area contributed by atoms with Crippen molar-refractivity contribution in [3.8, 4) is 0 Å². The minimum Gasteiger partial charge on any atom is -0.397 e. The van der Waals surface area contributed by atoms with Crippen LogP contribution in [-0.4, -0.2) is 24.8 Å². The average molecular weight is 206 g/mol. The molecule has 1 aromatic carbocycles. The molecule has 1 aromatic rings. The summed E-state index contributed by atoms with van der Waals surface area (Å²) in [4.78, 5) is 2.17. The Morgan fingerprint density at radius 1 is 1.40 bits per heavy atom. The number of aliphatic hydroxyl groups is 1. The molecule has 2 rings (SSSR count). The second-order valence-corrected chi connectivity index (χ2v) is 4.43. The van der Waals surface area contributed by atoms with Gasteiger partial charge in [0.15, 0.2) is 0 Å². The largest absolute Gasteiger partial charge is 0.397 e. The van der Waals surface area contributed by atoms with Gasteiger partial charge in [0.25, 0.3) is 0 Å². The number of nitrogens with zero attached hydrogens (tertiary/aromatic N) is 1. The number of para-hydroxylation sites is 2. The Morgan fingerprint density at radius 3 is 2.67 bits per heavy atom. The van der Waals surface area contributed by atoms with Gasteiger partial charge in [-0.3, -0.25) is 0 Å². The fourth-order valence-corrected chi connectivity index (χ4v) is 2.17. The summed E-state index contributed by atoms with van der Waals surface area (Å²) in [5.41, 5.74) is 7.79. The van der Waals surface area contributed by atoms with E-state index in [1.54, 1.807) is 0 Å². The lowest BCUT2D eigenvalue weighted by Gasteiger charge is -2.35. The van der Waals surface area contributed by atoms with Crippen LogP contribution in [0, 0.1) is 5.92 Å². The third kappa shape index (κ3) is 2.23. The Balaban J connectivity index is 1.96. The van der Waals surface area contributed by atoms with E-state index >= 15 is 0 Å². The second kappa shape index (κ2) is 4.11. The van der Waals surface area contributed by atoms with Crippen molar-refractivity contribution in [1.82, 2.24) is 0 Å². The first-order valence-electron chi connectivity index (χ1n) is 5.40. The van der Waals surface area contributed by atoms with E-state index in [1.807, 2.05) is 24.3 Å². The van der Waals surface area contributed by atoms with E-state index in [4.69, 9.17) is 5.73 Å². The number of rotatable bonds is 3. The fourth-order valence-electron chi connectivity index (χ4n) is 2.17. The second-order valence-electron chi connectivity index (χ2n) is 4.43. The van der Waals surface area contributed by atoms with Crippen LogP contribution in [0.25, 0.3) is 0 Å². The number of hydrogen-bond donors (Lipinski definition) is 2. The summed E-state index contributed by atoms with van der Waals surface area (Å²) in [5, 5.41) is 9.21. The van der Waals surface area contributed by atoms with Crippen LogP contribution >= 0.6 is 0 Å². The average Bonchev–Trinajstić information content (AvgIpc) is 2.16. The standard InChI is InChI=1S/C12H18N2O/c1-14(8-9-6-10(15)7-9)12-5-3-2-4-11(12)13/h2-5,9-10,15H,6-8,13H2,1H3. The fraction of sp³-hybridized carbons (Fsp3) is 0.500.